The molecule has 0 spiro atoms. The molecule has 0 unspecified atom stereocenters. The van der Waals surface area contributed by atoms with Crippen LogP contribution in [0.15, 0.2) is 60.0 Å². The van der Waals surface area contributed by atoms with Crippen molar-refractivity contribution in [2.24, 2.45) is 0 Å². The highest BCUT2D eigenvalue weighted by molar-refractivity contribution is 7.98. The maximum Gasteiger partial charge on any atom is 0.210 e. The number of hydrogen-bond acceptors (Lipinski definition) is 4. The van der Waals surface area contributed by atoms with Gasteiger partial charge in [-0.15, -0.1) is 10.2 Å². The molecule has 0 saturated heterocycles. The highest BCUT2D eigenvalue weighted by Gasteiger charge is 2.05. The van der Waals surface area contributed by atoms with E-state index in [1.165, 1.54) is 23.9 Å². The van der Waals surface area contributed by atoms with Gasteiger partial charge in [-0.1, -0.05) is 47.6 Å². The second kappa shape index (κ2) is 7.48. The summed E-state index contributed by atoms with van der Waals surface area (Å²) in [5.74, 6) is 0.466. The van der Waals surface area contributed by atoms with E-state index >= 15 is 0 Å². The average Bonchev–Trinajstić information content (AvgIpc) is 3.01. The standard InChI is InChI=1S/C16H14ClFN4S/c17-14-5-1-12(2-6-14)9-20-22-11-19-21-16(22)23-10-13-3-7-15(18)8-4-13/h1-8,11,20H,9-10H2. The molecule has 3 rings (SSSR count). The SMILES string of the molecule is Fc1ccc(CSc2nncn2NCc2ccc(Cl)cc2)cc1. The summed E-state index contributed by atoms with van der Waals surface area (Å²) in [5.41, 5.74) is 5.38. The van der Waals surface area contributed by atoms with Crippen molar-refractivity contribution in [2.75, 3.05) is 5.43 Å². The number of halogens is 2. The van der Waals surface area contributed by atoms with Crippen LogP contribution < -0.4 is 5.43 Å². The average molecular weight is 349 g/mol. The first-order chi connectivity index (χ1) is 11.2. The molecule has 0 radical (unpaired) electrons. The van der Waals surface area contributed by atoms with Crippen molar-refractivity contribution in [3.63, 3.8) is 0 Å². The van der Waals surface area contributed by atoms with E-state index in [0.29, 0.717) is 17.3 Å². The van der Waals surface area contributed by atoms with Crippen LogP contribution in [0, 0.1) is 5.82 Å². The third kappa shape index (κ3) is 4.46. The molecule has 1 aromatic heterocycles. The fourth-order valence-corrected chi connectivity index (χ4v) is 2.91. The van der Waals surface area contributed by atoms with Gasteiger partial charge in [-0.05, 0) is 35.4 Å². The molecule has 0 aliphatic heterocycles. The molecular formula is C16H14ClFN4S. The van der Waals surface area contributed by atoms with E-state index in [4.69, 9.17) is 11.6 Å². The molecule has 118 valence electrons. The highest BCUT2D eigenvalue weighted by atomic mass is 35.5. The molecule has 3 aromatic rings. The summed E-state index contributed by atoms with van der Waals surface area (Å²) in [6.07, 6.45) is 1.63. The smallest absolute Gasteiger partial charge is 0.210 e. The Labute approximate surface area is 142 Å². The zero-order valence-corrected chi connectivity index (χ0v) is 13.7. The van der Waals surface area contributed by atoms with E-state index in [0.717, 1.165) is 16.3 Å². The van der Waals surface area contributed by atoms with Crippen molar-refractivity contribution in [3.8, 4) is 0 Å². The molecule has 0 aliphatic carbocycles. The maximum atomic E-state index is 12.9. The van der Waals surface area contributed by atoms with Gasteiger partial charge in [0.05, 0.1) is 6.54 Å². The van der Waals surface area contributed by atoms with Gasteiger partial charge in [0, 0.05) is 10.8 Å². The minimum atomic E-state index is -0.230. The first-order valence-electron chi connectivity index (χ1n) is 6.96. The third-order valence-corrected chi connectivity index (χ3v) is 4.43. The van der Waals surface area contributed by atoms with Gasteiger partial charge >= 0.3 is 0 Å². The third-order valence-electron chi connectivity index (χ3n) is 3.16. The molecular weight excluding hydrogens is 335 g/mol. The van der Waals surface area contributed by atoms with Gasteiger partial charge in [-0.3, -0.25) is 0 Å². The van der Waals surface area contributed by atoms with Crippen molar-refractivity contribution in [2.45, 2.75) is 17.5 Å². The van der Waals surface area contributed by atoms with Crippen LogP contribution in [0.25, 0.3) is 0 Å². The lowest BCUT2D eigenvalue weighted by Crippen LogP contribution is -2.14. The summed E-state index contributed by atoms with van der Waals surface area (Å²) in [5, 5.41) is 9.49. The summed E-state index contributed by atoms with van der Waals surface area (Å²) in [4.78, 5) is 0. The van der Waals surface area contributed by atoms with Gasteiger partial charge in [-0.25, -0.2) is 9.07 Å². The maximum absolute atomic E-state index is 12.9. The topological polar surface area (TPSA) is 42.7 Å². The minimum Gasteiger partial charge on any atom is -0.318 e. The van der Waals surface area contributed by atoms with Gasteiger partial charge < -0.3 is 5.43 Å². The van der Waals surface area contributed by atoms with E-state index < -0.39 is 0 Å². The number of aromatic nitrogens is 3. The first-order valence-corrected chi connectivity index (χ1v) is 8.32. The Kier molecular flexibility index (Phi) is 5.15. The van der Waals surface area contributed by atoms with Gasteiger partial charge in [0.1, 0.15) is 12.1 Å². The summed E-state index contributed by atoms with van der Waals surface area (Å²) < 4.78 is 14.7. The van der Waals surface area contributed by atoms with E-state index in [1.54, 1.807) is 23.1 Å². The van der Waals surface area contributed by atoms with Gasteiger partial charge in [0.2, 0.25) is 5.16 Å². The molecule has 7 heteroatoms. The number of hydrogen-bond donors (Lipinski definition) is 1. The molecule has 1 N–H and O–H groups in total. The summed E-state index contributed by atoms with van der Waals surface area (Å²) >= 11 is 7.41. The van der Waals surface area contributed by atoms with Gasteiger partial charge in [-0.2, -0.15) is 0 Å². The number of nitrogens with zero attached hydrogens (tertiary/aromatic N) is 3. The Hall–Kier alpha value is -2.05. The molecule has 0 bridgehead atoms. The quantitative estimate of drug-likeness (QED) is 0.681. The number of benzene rings is 2. The summed E-state index contributed by atoms with van der Waals surface area (Å²) in [7, 11) is 0. The Morgan fingerprint density at radius 2 is 1.74 bits per heavy atom. The lowest BCUT2D eigenvalue weighted by atomic mass is 10.2. The van der Waals surface area contributed by atoms with Crippen LogP contribution in [0.3, 0.4) is 0 Å². The first kappa shape index (κ1) is 15.8. The largest absolute Gasteiger partial charge is 0.318 e. The van der Waals surface area contributed by atoms with Gasteiger partial charge in [0.25, 0.3) is 0 Å². The molecule has 23 heavy (non-hydrogen) atoms. The number of rotatable bonds is 6. The van der Waals surface area contributed by atoms with Crippen LogP contribution in [0.2, 0.25) is 5.02 Å². The molecule has 4 nitrogen and oxygen atoms in total. The molecule has 0 aliphatic rings. The predicted octanol–water partition coefficient (Wildman–Crippen LogP) is 4.11. The second-order valence-electron chi connectivity index (χ2n) is 4.86. The van der Waals surface area contributed by atoms with E-state index in [1.807, 2.05) is 24.3 Å². The van der Waals surface area contributed by atoms with E-state index in [2.05, 4.69) is 15.6 Å². The van der Waals surface area contributed by atoms with Crippen LogP contribution in [0.4, 0.5) is 4.39 Å². The Morgan fingerprint density at radius 1 is 1.04 bits per heavy atom. The van der Waals surface area contributed by atoms with Crippen molar-refractivity contribution < 1.29 is 4.39 Å². The Balaban J connectivity index is 1.58. The Bertz CT molecular complexity index is 695. The molecule has 1 heterocycles. The van der Waals surface area contributed by atoms with Crippen molar-refractivity contribution >= 4 is 23.4 Å². The predicted molar refractivity (Wildman–Crippen MR) is 90.5 cm³/mol. The van der Waals surface area contributed by atoms with Crippen molar-refractivity contribution in [3.05, 3.63) is 76.8 Å². The van der Waals surface area contributed by atoms with E-state index in [-0.39, 0.29) is 5.82 Å². The molecule has 0 amide bonds. The van der Waals surface area contributed by atoms with Crippen LogP contribution in [0.5, 0.6) is 0 Å². The normalized spacial score (nSPS) is 10.7. The number of thioether (sulfide) groups is 1. The molecule has 0 atom stereocenters. The Morgan fingerprint density at radius 3 is 2.48 bits per heavy atom. The van der Waals surface area contributed by atoms with Gasteiger partial charge in [0.15, 0.2) is 0 Å². The zero-order chi connectivity index (χ0) is 16.1. The van der Waals surface area contributed by atoms with Crippen molar-refractivity contribution in [1.29, 1.82) is 0 Å². The van der Waals surface area contributed by atoms with E-state index in [9.17, 15) is 4.39 Å². The monoisotopic (exact) mass is 348 g/mol. The lowest BCUT2D eigenvalue weighted by molar-refractivity contribution is 0.627. The van der Waals surface area contributed by atoms with Crippen LogP contribution >= 0.6 is 23.4 Å². The lowest BCUT2D eigenvalue weighted by Gasteiger charge is -2.09. The highest BCUT2D eigenvalue weighted by Crippen LogP contribution is 2.20. The van der Waals surface area contributed by atoms with Crippen LogP contribution in [-0.4, -0.2) is 14.9 Å². The fourth-order valence-electron chi connectivity index (χ4n) is 1.94. The van der Waals surface area contributed by atoms with Crippen LogP contribution in [0.1, 0.15) is 11.1 Å². The summed E-state index contributed by atoms with van der Waals surface area (Å²) in [6.45, 7) is 0.638. The van der Waals surface area contributed by atoms with Crippen LogP contribution in [-0.2, 0) is 12.3 Å². The number of nitrogens with one attached hydrogen (secondary N) is 1. The summed E-state index contributed by atoms with van der Waals surface area (Å²) in [6, 6.07) is 14.1. The zero-order valence-electron chi connectivity index (χ0n) is 12.1. The molecule has 0 saturated carbocycles. The second-order valence-corrected chi connectivity index (χ2v) is 6.24. The van der Waals surface area contributed by atoms with Crippen molar-refractivity contribution in [1.82, 2.24) is 14.9 Å². The molecule has 0 fully saturated rings. The molecule has 2 aromatic carbocycles. The fraction of sp³-hybridized carbons (Fsp3) is 0.125. The minimum absolute atomic E-state index is 0.230.